The lowest BCUT2D eigenvalue weighted by atomic mass is 10.1. The third kappa shape index (κ3) is 4.51. The zero-order chi connectivity index (χ0) is 11.6. The molecule has 0 bridgehead atoms. The van der Waals surface area contributed by atoms with Gasteiger partial charge in [-0.05, 0) is 19.3 Å². The lowest BCUT2D eigenvalue weighted by Crippen LogP contribution is -2.28. The molecule has 1 rings (SSSR count). The third-order valence-electron chi connectivity index (χ3n) is 2.54. The summed E-state index contributed by atoms with van der Waals surface area (Å²) in [6.07, 6.45) is 12.7. The predicted octanol–water partition coefficient (Wildman–Crippen LogP) is 2.12. The van der Waals surface area contributed by atoms with E-state index in [0.29, 0.717) is 0 Å². The largest absolute Gasteiger partial charge is 0.271 e. The van der Waals surface area contributed by atoms with Crippen LogP contribution in [0.5, 0.6) is 0 Å². The summed E-state index contributed by atoms with van der Waals surface area (Å²) in [4.78, 5) is 8.28. The second kappa shape index (κ2) is 7.96. The van der Waals surface area contributed by atoms with Crippen molar-refractivity contribution in [3.63, 3.8) is 0 Å². The summed E-state index contributed by atoms with van der Waals surface area (Å²) < 4.78 is 0. The van der Waals surface area contributed by atoms with Gasteiger partial charge in [0.25, 0.3) is 0 Å². The van der Waals surface area contributed by atoms with Crippen molar-refractivity contribution in [2.45, 2.75) is 38.1 Å². The van der Waals surface area contributed by atoms with Gasteiger partial charge in [0.1, 0.15) is 0 Å². The molecule has 4 nitrogen and oxygen atoms in total. The molecule has 0 aliphatic heterocycles. The number of rotatable bonds is 8. The monoisotopic (exact) mass is 220 g/mol. The lowest BCUT2D eigenvalue weighted by molar-refractivity contribution is 0.473. The minimum Gasteiger partial charge on any atom is -0.271 e. The van der Waals surface area contributed by atoms with Gasteiger partial charge >= 0.3 is 0 Å². The van der Waals surface area contributed by atoms with Crippen molar-refractivity contribution in [2.24, 2.45) is 5.84 Å². The first-order chi connectivity index (χ1) is 7.88. The molecule has 0 spiro atoms. The van der Waals surface area contributed by atoms with Gasteiger partial charge < -0.3 is 0 Å². The van der Waals surface area contributed by atoms with Crippen LogP contribution in [-0.4, -0.2) is 9.97 Å². The first kappa shape index (κ1) is 12.8. The third-order valence-corrected chi connectivity index (χ3v) is 2.54. The Bertz CT molecular complexity index is 286. The van der Waals surface area contributed by atoms with Crippen LogP contribution >= 0.6 is 0 Å². The molecule has 1 unspecified atom stereocenters. The molecule has 0 aromatic carbocycles. The van der Waals surface area contributed by atoms with Crippen molar-refractivity contribution in [2.75, 3.05) is 0 Å². The highest BCUT2D eigenvalue weighted by molar-refractivity contribution is 5.01. The smallest absolute Gasteiger partial charge is 0.0769 e. The number of allylic oxidation sites excluding steroid dienone is 1. The minimum absolute atomic E-state index is 0.109. The first-order valence-electron chi connectivity index (χ1n) is 5.71. The summed E-state index contributed by atoms with van der Waals surface area (Å²) in [6, 6.07) is 0.109. The molecule has 0 aliphatic carbocycles. The molecule has 0 saturated heterocycles. The Kier molecular flexibility index (Phi) is 6.37. The van der Waals surface area contributed by atoms with Crippen molar-refractivity contribution < 1.29 is 0 Å². The van der Waals surface area contributed by atoms with Crippen molar-refractivity contribution in [1.29, 1.82) is 0 Å². The number of nitrogens with zero attached hydrogens (tertiary/aromatic N) is 2. The molecule has 1 heterocycles. The van der Waals surface area contributed by atoms with E-state index in [4.69, 9.17) is 5.84 Å². The quantitative estimate of drug-likeness (QED) is 0.305. The number of hydrogen-bond donors (Lipinski definition) is 2. The van der Waals surface area contributed by atoms with Gasteiger partial charge in [0.05, 0.1) is 17.9 Å². The fourth-order valence-electron chi connectivity index (χ4n) is 1.62. The summed E-state index contributed by atoms with van der Waals surface area (Å²) in [5.74, 6) is 5.51. The van der Waals surface area contributed by atoms with Crippen molar-refractivity contribution in [3.8, 4) is 0 Å². The molecule has 3 N–H and O–H groups in total. The number of nitrogens with one attached hydrogen (secondary N) is 1. The van der Waals surface area contributed by atoms with Crippen LogP contribution in [0.25, 0.3) is 0 Å². The Morgan fingerprint density at radius 2 is 2.25 bits per heavy atom. The second-order valence-corrected chi connectivity index (χ2v) is 3.78. The average Bonchev–Trinajstić information content (AvgIpc) is 2.35. The molecule has 1 atom stereocenters. The van der Waals surface area contributed by atoms with E-state index in [1.165, 1.54) is 12.8 Å². The molecule has 0 aliphatic rings. The molecule has 88 valence electrons. The fraction of sp³-hybridized carbons (Fsp3) is 0.500. The molecular formula is C12H20N4. The van der Waals surface area contributed by atoms with Crippen molar-refractivity contribution in [1.82, 2.24) is 15.4 Å². The molecule has 0 fully saturated rings. The Morgan fingerprint density at radius 1 is 1.38 bits per heavy atom. The Labute approximate surface area is 97.0 Å². The molecule has 16 heavy (non-hydrogen) atoms. The molecule has 0 amide bonds. The summed E-state index contributed by atoms with van der Waals surface area (Å²) in [6.45, 7) is 3.71. The van der Waals surface area contributed by atoms with Crippen LogP contribution in [-0.2, 0) is 0 Å². The van der Waals surface area contributed by atoms with E-state index >= 15 is 0 Å². The van der Waals surface area contributed by atoms with Gasteiger partial charge in [-0.3, -0.25) is 21.2 Å². The van der Waals surface area contributed by atoms with E-state index < -0.39 is 0 Å². The maximum Gasteiger partial charge on any atom is 0.0769 e. The van der Waals surface area contributed by atoms with Crippen LogP contribution in [0, 0.1) is 0 Å². The van der Waals surface area contributed by atoms with E-state index in [1.54, 1.807) is 18.6 Å². The molecular weight excluding hydrogens is 200 g/mol. The maximum atomic E-state index is 5.51. The number of hydrazine groups is 1. The lowest BCUT2D eigenvalue weighted by Gasteiger charge is -2.14. The predicted molar refractivity (Wildman–Crippen MR) is 65.4 cm³/mol. The summed E-state index contributed by atoms with van der Waals surface area (Å²) in [5, 5.41) is 0. The van der Waals surface area contributed by atoms with Gasteiger partial charge in [0.2, 0.25) is 0 Å². The van der Waals surface area contributed by atoms with Gasteiger partial charge in [-0.2, -0.15) is 0 Å². The van der Waals surface area contributed by atoms with Gasteiger partial charge in [0.15, 0.2) is 0 Å². The Morgan fingerprint density at radius 3 is 2.88 bits per heavy atom. The zero-order valence-electron chi connectivity index (χ0n) is 9.60. The van der Waals surface area contributed by atoms with Gasteiger partial charge in [0, 0.05) is 12.4 Å². The topological polar surface area (TPSA) is 63.8 Å². The van der Waals surface area contributed by atoms with E-state index in [1.807, 2.05) is 6.08 Å². The summed E-state index contributed by atoms with van der Waals surface area (Å²) in [5.41, 5.74) is 3.70. The molecule has 0 saturated carbocycles. The van der Waals surface area contributed by atoms with Crippen LogP contribution in [0.15, 0.2) is 31.2 Å². The van der Waals surface area contributed by atoms with Crippen LogP contribution in [0.2, 0.25) is 0 Å². The Hall–Kier alpha value is -1.26. The normalized spacial score (nSPS) is 12.3. The van der Waals surface area contributed by atoms with E-state index in [2.05, 4.69) is 22.0 Å². The van der Waals surface area contributed by atoms with E-state index in [0.717, 1.165) is 25.0 Å². The van der Waals surface area contributed by atoms with Crippen molar-refractivity contribution in [3.05, 3.63) is 36.9 Å². The van der Waals surface area contributed by atoms with Gasteiger partial charge in [-0.1, -0.05) is 18.9 Å². The molecule has 4 heteroatoms. The van der Waals surface area contributed by atoms with Crippen LogP contribution in [0.4, 0.5) is 0 Å². The van der Waals surface area contributed by atoms with Gasteiger partial charge in [-0.15, -0.1) is 6.58 Å². The molecule has 0 radical (unpaired) electrons. The SMILES string of the molecule is C=CCCCCCC(NN)c1cnccn1. The number of aromatic nitrogens is 2. The highest BCUT2D eigenvalue weighted by Crippen LogP contribution is 2.16. The van der Waals surface area contributed by atoms with E-state index in [-0.39, 0.29) is 6.04 Å². The van der Waals surface area contributed by atoms with E-state index in [9.17, 15) is 0 Å². The number of nitrogens with two attached hydrogens (primary N) is 1. The highest BCUT2D eigenvalue weighted by atomic mass is 15.2. The number of hydrogen-bond acceptors (Lipinski definition) is 4. The first-order valence-corrected chi connectivity index (χ1v) is 5.71. The Balaban J connectivity index is 2.30. The molecule has 1 aromatic rings. The fourth-order valence-corrected chi connectivity index (χ4v) is 1.62. The maximum absolute atomic E-state index is 5.51. The zero-order valence-corrected chi connectivity index (χ0v) is 9.60. The highest BCUT2D eigenvalue weighted by Gasteiger charge is 2.09. The summed E-state index contributed by atoms with van der Waals surface area (Å²) in [7, 11) is 0. The van der Waals surface area contributed by atoms with Crippen LogP contribution in [0.1, 0.15) is 43.8 Å². The second-order valence-electron chi connectivity index (χ2n) is 3.78. The van der Waals surface area contributed by atoms with Crippen LogP contribution in [0.3, 0.4) is 0 Å². The number of unbranched alkanes of at least 4 members (excludes halogenated alkanes) is 3. The van der Waals surface area contributed by atoms with Crippen LogP contribution < -0.4 is 11.3 Å². The molecule has 1 aromatic heterocycles. The summed E-state index contributed by atoms with van der Waals surface area (Å²) >= 11 is 0. The standard InChI is InChI=1S/C12H20N4/c1-2-3-4-5-6-7-11(16-13)12-10-14-8-9-15-12/h2,8-11,16H,1,3-7,13H2. The van der Waals surface area contributed by atoms with Crippen molar-refractivity contribution >= 4 is 0 Å². The van der Waals surface area contributed by atoms with Gasteiger partial charge in [-0.25, -0.2) is 0 Å². The minimum atomic E-state index is 0.109. The average molecular weight is 220 g/mol.